The first-order valence-corrected chi connectivity index (χ1v) is 14.3. The van der Waals surface area contributed by atoms with Crippen molar-refractivity contribution in [3.8, 4) is 16.9 Å². The monoisotopic (exact) mass is 524 g/mol. The van der Waals surface area contributed by atoms with Gasteiger partial charge in [-0.1, -0.05) is 43.3 Å². The standard InChI is InChI=1S/C35H40O4/c1-6-28(36)21-39-29-16-22(2)34(23(3)17-29)30-9-7-8-26(24(30)4)12-10-25-11-13-31-27(18-25)20-35(14-15-35)32(31)19-33(37)38-5/h7-9,11,13,16-18,32H,6,10,12,14-15,19-21H2,1-5H3. The molecule has 3 aromatic rings. The highest BCUT2D eigenvalue weighted by Gasteiger charge is 2.54. The number of fused-ring (bicyclic) bond motifs is 1. The fourth-order valence-corrected chi connectivity index (χ4v) is 6.60. The molecule has 39 heavy (non-hydrogen) atoms. The highest BCUT2D eigenvalue weighted by atomic mass is 16.5. The summed E-state index contributed by atoms with van der Waals surface area (Å²) in [5.41, 5.74) is 11.9. The Kier molecular flexibility index (Phi) is 7.66. The number of aryl methyl sites for hydroxylation is 4. The van der Waals surface area contributed by atoms with Crippen LogP contribution in [0.25, 0.3) is 11.1 Å². The molecule has 1 unspecified atom stereocenters. The second-order valence-corrected chi connectivity index (χ2v) is 11.6. The fraction of sp³-hybridized carbons (Fsp3) is 0.429. The van der Waals surface area contributed by atoms with Gasteiger partial charge >= 0.3 is 5.97 Å². The van der Waals surface area contributed by atoms with Gasteiger partial charge in [-0.25, -0.2) is 0 Å². The minimum atomic E-state index is -0.0993. The predicted molar refractivity (Wildman–Crippen MR) is 155 cm³/mol. The van der Waals surface area contributed by atoms with Crippen LogP contribution in [0.3, 0.4) is 0 Å². The molecule has 0 N–H and O–H groups in total. The lowest BCUT2D eigenvalue weighted by Gasteiger charge is -2.18. The minimum absolute atomic E-state index is 0.0993. The summed E-state index contributed by atoms with van der Waals surface area (Å²) < 4.78 is 10.8. The smallest absolute Gasteiger partial charge is 0.306 e. The summed E-state index contributed by atoms with van der Waals surface area (Å²) >= 11 is 0. The van der Waals surface area contributed by atoms with Gasteiger partial charge in [-0.3, -0.25) is 9.59 Å². The SMILES string of the molecule is CCC(=O)COc1cc(C)c(-c2cccc(CCc3ccc4c(c3)CC3(CC3)C4CC(=O)OC)c2C)c(C)c1. The Bertz CT molecular complexity index is 1390. The Hall–Kier alpha value is -3.40. The van der Waals surface area contributed by atoms with Crippen LogP contribution in [0.4, 0.5) is 0 Å². The molecule has 0 aromatic heterocycles. The van der Waals surface area contributed by atoms with Crippen LogP contribution in [0.1, 0.15) is 77.5 Å². The van der Waals surface area contributed by atoms with Crippen molar-refractivity contribution in [1.82, 2.24) is 0 Å². The lowest BCUT2D eigenvalue weighted by Crippen LogP contribution is -2.14. The van der Waals surface area contributed by atoms with Crippen molar-refractivity contribution in [2.24, 2.45) is 5.41 Å². The molecule has 1 atom stereocenters. The summed E-state index contributed by atoms with van der Waals surface area (Å²) in [4.78, 5) is 23.8. The van der Waals surface area contributed by atoms with Gasteiger partial charge < -0.3 is 9.47 Å². The van der Waals surface area contributed by atoms with Gasteiger partial charge in [0, 0.05) is 12.3 Å². The number of methoxy groups -OCH3 is 1. The number of hydrogen-bond acceptors (Lipinski definition) is 4. The summed E-state index contributed by atoms with van der Waals surface area (Å²) in [5.74, 6) is 1.07. The first-order valence-electron chi connectivity index (χ1n) is 14.3. The Balaban J connectivity index is 1.32. The summed E-state index contributed by atoms with van der Waals surface area (Å²) in [6.07, 6.45) is 6.48. The maximum Gasteiger partial charge on any atom is 0.306 e. The molecule has 4 heteroatoms. The second kappa shape index (κ2) is 11.0. The zero-order chi connectivity index (χ0) is 27.7. The van der Waals surface area contributed by atoms with Crippen LogP contribution in [-0.2, 0) is 33.6 Å². The number of benzene rings is 3. The molecule has 1 saturated carbocycles. The van der Waals surface area contributed by atoms with E-state index in [1.807, 2.05) is 19.1 Å². The van der Waals surface area contributed by atoms with E-state index in [-0.39, 0.29) is 18.4 Å². The number of Topliss-reactive ketones (excluding diaryl/α,β-unsaturated/α-hetero) is 1. The van der Waals surface area contributed by atoms with Crippen LogP contribution < -0.4 is 4.74 Å². The van der Waals surface area contributed by atoms with Gasteiger partial charge in [0.1, 0.15) is 12.4 Å². The van der Waals surface area contributed by atoms with E-state index in [9.17, 15) is 9.59 Å². The zero-order valence-corrected chi connectivity index (χ0v) is 24.0. The zero-order valence-electron chi connectivity index (χ0n) is 24.0. The summed E-state index contributed by atoms with van der Waals surface area (Å²) in [7, 11) is 1.49. The summed E-state index contributed by atoms with van der Waals surface area (Å²) in [6, 6.07) is 17.6. The van der Waals surface area contributed by atoms with Gasteiger partial charge in [0.25, 0.3) is 0 Å². The van der Waals surface area contributed by atoms with E-state index in [2.05, 4.69) is 57.2 Å². The molecule has 0 amide bonds. The molecule has 5 rings (SSSR count). The maximum absolute atomic E-state index is 12.1. The molecule has 1 fully saturated rings. The van der Waals surface area contributed by atoms with Crippen molar-refractivity contribution in [3.63, 3.8) is 0 Å². The third kappa shape index (κ3) is 5.52. The number of ether oxygens (including phenoxy) is 2. The van der Waals surface area contributed by atoms with E-state index in [0.29, 0.717) is 24.2 Å². The van der Waals surface area contributed by atoms with E-state index in [1.165, 1.54) is 58.9 Å². The Morgan fingerprint density at radius 3 is 2.38 bits per heavy atom. The normalized spacial score (nSPS) is 16.7. The van der Waals surface area contributed by atoms with Crippen LogP contribution in [0.15, 0.2) is 48.5 Å². The van der Waals surface area contributed by atoms with E-state index in [0.717, 1.165) is 36.1 Å². The van der Waals surface area contributed by atoms with Crippen molar-refractivity contribution in [3.05, 3.63) is 87.5 Å². The number of ketones is 1. The van der Waals surface area contributed by atoms with Gasteiger partial charge in [-0.2, -0.15) is 0 Å². The minimum Gasteiger partial charge on any atom is -0.486 e. The molecule has 0 heterocycles. The molecule has 0 radical (unpaired) electrons. The lowest BCUT2D eigenvalue weighted by molar-refractivity contribution is -0.141. The quantitative estimate of drug-likeness (QED) is 0.259. The van der Waals surface area contributed by atoms with Crippen molar-refractivity contribution in [2.75, 3.05) is 13.7 Å². The third-order valence-corrected chi connectivity index (χ3v) is 9.05. The lowest BCUT2D eigenvalue weighted by atomic mass is 9.86. The molecule has 1 spiro atoms. The van der Waals surface area contributed by atoms with Crippen LogP contribution in [0.5, 0.6) is 5.75 Å². The molecule has 0 bridgehead atoms. The molecule has 3 aromatic carbocycles. The Morgan fingerprint density at radius 2 is 1.72 bits per heavy atom. The van der Waals surface area contributed by atoms with E-state index >= 15 is 0 Å². The van der Waals surface area contributed by atoms with E-state index < -0.39 is 0 Å². The van der Waals surface area contributed by atoms with Gasteiger partial charge in [-0.05, 0) is 120 Å². The summed E-state index contributed by atoms with van der Waals surface area (Å²) in [5, 5.41) is 0. The third-order valence-electron chi connectivity index (χ3n) is 9.05. The van der Waals surface area contributed by atoms with Gasteiger partial charge in [0.05, 0.1) is 13.5 Å². The second-order valence-electron chi connectivity index (χ2n) is 11.6. The molecule has 2 aliphatic rings. The Labute approximate surface area is 232 Å². The maximum atomic E-state index is 12.1. The largest absolute Gasteiger partial charge is 0.486 e. The van der Waals surface area contributed by atoms with Crippen LogP contribution in [0, 0.1) is 26.2 Å². The topological polar surface area (TPSA) is 52.6 Å². The summed E-state index contributed by atoms with van der Waals surface area (Å²) in [6.45, 7) is 8.45. The van der Waals surface area contributed by atoms with E-state index in [1.54, 1.807) is 0 Å². The van der Waals surface area contributed by atoms with Crippen molar-refractivity contribution < 1.29 is 19.1 Å². The molecule has 2 aliphatic carbocycles. The average Bonchev–Trinajstić information content (AvgIpc) is 3.63. The highest BCUT2D eigenvalue weighted by Crippen LogP contribution is 2.64. The van der Waals surface area contributed by atoms with Crippen molar-refractivity contribution in [2.45, 2.75) is 78.6 Å². The van der Waals surface area contributed by atoms with Crippen LogP contribution >= 0.6 is 0 Å². The molecule has 4 nitrogen and oxygen atoms in total. The molecular formula is C35H40O4. The van der Waals surface area contributed by atoms with Crippen LogP contribution in [-0.4, -0.2) is 25.5 Å². The first-order chi connectivity index (χ1) is 18.7. The number of carbonyl (C=O) groups is 2. The predicted octanol–water partition coefficient (Wildman–Crippen LogP) is 7.40. The van der Waals surface area contributed by atoms with Crippen molar-refractivity contribution in [1.29, 1.82) is 0 Å². The number of esters is 1. The van der Waals surface area contributed by atoms with Gasteiger partial charge in [0.2, 0.25) is 0 Å². The highest BCUT2D eigenvalue weighted by molar-refractivity contribution is 5.80. The van der Waals surface area contributed by atoms with Crippen LogP contribution in [0.2, 0.25) is 0 Å². The molecule has 0 saturated heterocycles. The number of hydrogen-bond donors (Lipinski definition) is 0. The molecule has 204 valence electrons. The van der Waals surface area contributed by atoms with Gasteiger partial charge in [0.15, 0.2) is 5.78 Å². The van der Waals surface area contributed by atoms with Crippen molar-refractivity contribution >= 4 is 11.8 Å². The first kappa shape index (κ1) is 27.2. The fourth-order valence-electron chi connectivity index (χ4n) is 6.60. The molecule has 0 aliphatic heterocycles. The number of carbonyl (C=O) groups excluding carboxylic acids is 2. The average molecular weight is 525 g/mol. The Morgan fingerprint density at radius 1 is 0.974 bits per heavy atom. The number of rotatable bonds is 10. The molecular weight excluding hydrogens is 484 g/mol. The van der Waals surface area contributed by atoms with E-state index in [4.69, 9.17) is 9.47 Å². The van der Waals surface area contributed by atoms with Gasteiger partial charge in [-0.15, -0.1) is 0 Å².